The van der Waals surface area contributed by atoms with Crippen LogP contribution in [0.3, 0.4) is 0 Å². The lowest BCUT2D eigenvalue weighted by Gasteiger charge is -2.26. The molecule has 0 amide bonds. The predicted molar refractivity (Wildman–Crippen MR) is 67.0 cm³/mol. The molecule has 1 saturated heterocycles. The van der Waals surface area contributed by atoms with Crippen molar-refractivity contribution in [3.63, 3.8) is 0 Å². The van der Waals surface area contributed by atoms with Gasteiger partial charge < -0.3 is 4.74 Å². The number of nitrogens with zero attached hydrogens (tertiary/aromatic N) is 1. The van der Waals surface area contributed by atoms with Crippen molar-refractivity contribution in [2.45, 2.75) is 19.0 Å². The minimum atomic E-state index is -4.64. The van der Waals surface area contributed by atoms with Gasteiger partial charge in [0.2, 0.25) is 0 Å². The Labute approximate surface area is 115 Å². The maximum atomic E-state index is 13.4. The third-order valence-electron chi connectivity index (χ3n) is 3.41. The van der Waals surface area contributed by atoms with Gasteiger partial charge in [0.15, 0.2) is 0 Å². The van der Waals surface area contributed by atoms with Gasteiger partial charge in [0.05, 0.1) is 18.8 Å². The Bertz CT molecular complexity index is 441. The second kappa shape index (κ2) is 6.54. The van der Waals surface area contributed by atoms with E-state index >= 15 is 0 Å². The molecule has 0 radical (unpaired) electrons. The fourth-order valence-corrected chi connectivity index (χ4v) is 2.41. The Kier molecular flexibility index (Phi) is 4.99. The molecule has 0 aliphatic carbocycles. The van der Waals surface area contributed by atoms with Crippen molar-refractivity contribution in [3.05, 3.63) is 35.1 Å². The number of alkyl halides is 3. The number of benzene rings is 1. The van der Waals surface area contributed by atoms with Crippen LogP contribution in [0.2, 0.25) is 0 Å². The van der Waals surface area contributed by atoms with E-state index in [1.165, 1.54) is 12.1 Å². The minimum Gasteiger partial charge on any atom is -0.379 e. The van der Waals surface area contributed by atoms with Gasteiger partial charge >= 0.3 is 6.18 Å². The molecule has 0 atom stereocenters. The fraction of sp³-hybridized carbons (Fsp3) is 0.571. The Hall–Kier alpha value is -1.14. The molecule has 2 rings (SSSR count). The van der Waals surface area contributed by atoms with Crippen LogP contribution in [0.4, 0.5) is 17.6 Å². The van der Waals surface area contributed by atoms with E-state index in [0.717, 1.165) is 19.2 Å². The van der Waals surface area contributed by atoms with Crippen molar-refractivity contribution < 1.29 is 22.3 Å². The van der Waals surface area contributed by atoms with E-state index in [-0.39, 0.29) is 12.0 Å². The molecular weight excluding hydrogens is 274 g/mol. The van der Waals surface area contributed by atoms with Crippen LogP contribution in [0.25, 0.3) is 0 Å². The molecule has 0 N–H and O–H groups in total. The molecule has 1 heterocycles. The monoisotopic (exact) mass is 291 g/mol. The number of rotatable bonds is 4. The summed E-state index contributed by atoms with van der Waals surface area (Å²) >= 11 is 0. The van der Waals surface area contributed by atoms with Gasteiger partial charge in [-0.2, -0.15) is 13.2 Å². The number of aryl methyl sites for hydroxylation is 1. The molecule has 2 nitrogen and oxygen atoms in total. The Balaban J connectivity index is 1.97. The van der Waals surface area contributed by atoms with E-state index in [9.17, 15) is 17.6 Å². The molecule has 0 spiro atoms. The lowest BCUT2D eigenvalue weighted by molar-refractivity contribution is -0.140. The average Bonchev–Trinajstić information content (AvgIpc) is 2.38. The maximum Gasteiger partial charge on any atom is 0.419 e. The van der Waals surface area contributed by atoms with Crippen LogP contribution in [-0.4, -0.2) is 37.7 Å². The van der Waals surface area contributed by atoms with Gasteiger partial charge in [0.25, 0.3) is 0 Å². The maximum absolute atomic E-state index is 13.4. The molecule has 112 valence electrons. The number of hydrogen-bond donors (Lipinski definition) is 0. The molecule has 0 saturated carbocycles. The van der Waals surface area contributed by atoms with Gasteiger partial charge in [0, 0.05) is 13.1 Å². The molecule has 0 unspecified atom stereocenters. The summed E-state index contributed by atoms with van der Waals surface area (Å²) in [7, 11) is 0. The molecule has 0 bridgehead atoms. The van der Waals surface area contributed by atoms with Crippen LogP contribution in [0.1, 0.15) is 17.5 Å². The molecule has 1 aliphatic rings. The van der Waals surface area contributed by atoms with E-state index in [1.807, 2.05) is 0 Å². The highest BCUT2D eigenvalue weighted by atomic mass is 19.4. The summed E-state index contributed by atoms with van der Waals surface area (Å²) < 4.78 is 57.1. The SMILES string of the molecule is Fc1cccc(CCCN2CCOCC2)c1C(F)(F)F. The fourth-order valence-electron chi connectivity index (χ4n) is 2.41. The number of hydrogen-bond acceptors (Lipinski definition) is 2. The van der Waals surface area contributed by atoms with Gasteiger partial charge in [-0.15, -0.1) is 0 Å². The molecule has 0 aromatic heterocycles. The van der Waals surface area contributed by atoms with E-state index in [2.05, 4.69) is 4.90 Å². The smallest absolute Gasteiger partial charge is 0.379 e. The Morgan fingerprint density at radius 3 is 2.50 bits per heavy atom. The molecule has 1 fully saturated rings. The van der Waals surface area contributed by atoms with Gasteiger partial charge in [-0.25, -0.2) is 4.39 Å². The highest BCUT2D eigenvalue weighted by Crippen LogP contribution is 2.34. The zero-order valence-corrected chi connectivity index (χ0v) is 11.0. The topological polar surface area (TPSA) is 12.5 Å². The Morgan fingerprint density at radius 1 is 1.15 bits per heavy atom. The van der Waals surface area contributed by atoms with Crippen molar-refractivity contribution in [3.8, 4) is 0 Å². The van der Waals surface area contributed by atoms with E-state index in [0.29, 0.717) is 26.2 Å². The van der Waals surface area contributed by atoms with Crippen LogP contribution in [0, 0.1) is 5.82 Å². The zero-order chi connectivity index (χ0) is 14.6. The third-order valence-corrected chi connectivity index (χ3v) is 3.41. The van der Waals surface area contributed by atoms with Gasteiger partial charge in [-0.3, -0.25) is 4.90 Å². The first kappa shape index (κ1) is 15.3. The van der Waals surface area contributed by atoms with Gasteiger partial charge in [-0.1, -0.05) is 12.1 Å². The van der Waals surface area contributed by atoms with Crippen LogP contribution >= 0.6 is 0 Å². The highest BCUT2D eigenvalue weighted by Gasteiger charge is 2.36. The summed E-state index contributed by atoms with van der Waals surface area (Å²) in [6.45, 7) is 3.63. The summed E-state index contributed by atoms with van der Waals surface area (Å²) in [6, 6.07) is 3.54. The predicted octanol–water partition coefficient (Wildman–Crippen LogP) is 3.11. The first-order chi connectivity index (χ1) is 9.48. The van der Waals surface area contributed by atoms with Crippen LogP contribution in [0.15, 0.2) is 18.2 Å². The molecule has 20 heavy (non-hydrogen) atoms. The standard InChI is InChI=1S/C14H17F4NO/c15-12-5-1-3-11(13(12)14(16,17)18)4-2-6-19-7-9-20-10-8-19/h1,3,5H,2,4,6-10H2. The summed E-state index contributed by atoms with van der Waals surface area (Å²) in [5.41, 5.74) is -1.09. The van der Waals surface area contributed by atoms with Crippen LogP contribution in [-0.2, 0) is 17.3 Å². The minimum absolute atomic E-state index is 0.0331. The van der Waals surface area contributed by atoms with Gasteiger partial charge in [-0.05, 0) is 31.0 Å². The second-order valence-corrected chi connectivity index (χ2v) is 4.83. The quantitative estimate of drug-likeness (QED) is 0.790. The van der Waals surface area contributed by atoms with Crippen molar-refractivity contribution in [1.82, 2.24) is 4.90 Å². The first-order valence-corrected chi connectivity index (χ1v) is 6.63. The molecule has 1 aliphatic heterocycles. The van der Waals surface area contributed by atoms with Crippen molar-refractivity contribution in [1.29, 1.82) is 0 Å². The second-order valence-electron chi connectivity index (χ2n) is 4.83. The largest absolute Gasteiger partial charge is 0.419 e. The van der Waals surface area contributed by atoms with Gasteiger partial charge in [0.1, 0.15) is 5.82 Å². The van der Waals surface area contributed by atoms with E-state index in [4.69, 9.17) is 4.74 Å². The van der Waals surface area contributed by atoms with E-state index in [1.54, 1.807) is 0 Å². The van der Waals surface area contributed by atoms with E-state index < -0.39 is 17.6 Å². The summed E-state index contributed by atoms with van der Waals surface area (Å²) in [5.74, 6) is -1.19. The summed E-state index contributed by atoms with van der Waals surface area (Å²) in [4.78, 5) is 2.15. The number of morpholine rings is 1. The number of halogens is 4. The summed E-state index contributed by atoms with van der Waals surface area (Å²) in [6.07, 6.45) is -3.84. The molecule has 6 heteroatoms. The lowest BCUT2D eigenvalue weighted by atomic mass is 10.0. The lowest BCUT2D eigenvalue weighted by Crippen LogP contribution is -2.37. The molecular formula is C14H17F4NO. The van der Waals surface area contributed by atoms with Crippen LogP contribution in [0.5, 0.6) is 0 Å². The molecule has 1 aromatic rings. The van der Waals surface area contributed by atoms with Crippen molar-refractivity contribution >= 4 is 0 Å². The molecule has 1 aromatic carbocycles. The number of ether oxygens (including phenoxy) is 1. The van der Waals surface area contributed by atoms with Crippen LogP contribution < -0.4 is 0 Å². The zero-order valence-electron chi connectivity index (χ0n) is 11.0. The summed E-state index contributed by atoms with van der Waals surface area (Å²) in [5, 5.41) is 0. The Morgan fingerprint density at radius 2 is 1.85 bits per heavy atom. The average molecular weight is 291 g/mol. The third kappa shape index (κ3) is 3.93. The van der Waals surface area contributed by atoms with Crippen molar-refractivity contribution in [2.24, 2.45) is 0 Å². The first-order valence-electron chi connectivity index (χ1n) is 6.63. The normalized spacial score (nSPS) is 17.4. The van der Waals surface area contributed by atoms with Crippen molar-refractivity contribution in [2.75, 3.05) is 32.8 Å². The highest BCUT2D eigenvalue weighted by molar-refractivity contribution is 5.31.